The number of methoxy groups -OCH3 is 1. The first-order chi connectivity index (χ1) is 16.9. The lowest BCUT2D eigenvalue weighted by molar-refractivity contribution is -0.139. The summed E-state index contributed by atoms with van der Waals surface area (Å²) >= 11 is 1.29. The van der Waals surface area contributed by atoms with Gasteiger partial charge in [-0.25, -0.2) is 9.79 Å². The van der Waals surface area contributed by atoms with Crippen molar-refractivity contribution in [3.05, 3.63) is 90.1 Å². The second-order valence-corrected chi connectivity index (χ2v) is 9.07. The van der Waals surface area contributed by atoms with Crippen LogP contribution in [-0.2, 0) is 9.53 Å². The molecule has 0 amide bonds. The van der Waals surface area contributed by atoms with Gasteiger partial charge in [0, 0.05) is 0 Å². The molecular formula is C27H28N2O5S. The second kappa shape index (κ2) is 10.3. The fraction of sp³-hybridized carbons (Fsp3) is 0.296. The molecule has 0 radical (unpaired) electrons. The van der Waals surface area contributed by atoms with Gasteiger partial charge < -0.3 is 14.2 Å². The van der Waals surface area contributed by atoms with Crippen molar-refractivity contribution in [2.75, 3.05) is 20.3 Å². The molecule has 1 atom stereocenters. The zero-order valence-electron chi connectivity index (χ0n) is 20.5. The van der Waals surface area contributed by atoms with Gasteiger partial charge in [0.1, 0.15) is 0 Å². The number of allylic oxidation sites excluding steroid dienone is 1. The van der Waals surface area contributed by atoms with Gasteiger partial charge >= 0.3 is 5.97 Å². The van der Waals surface area contributed by atoms with Crippen molar-refractivity contribution in [3.8, 4) is 11.5 Å². The maximum atomic E-state index is 13.7. The Bertz CT molecular complexity index is 1460. The fourth-order valence-electron chi connectivity index (χ4n) is 4.06. The average molecular weight is 493 g/mol. The molecule has 182 valence electrons. The number of ether oxygens (including phenoxy) is 3. The second-order valence-electron chi connectivity index (χ2n) is 8.06. The van der Waals surface area contributed by atoms with Crippen LogP contribution in [0.25, 0.3) is 6.08 Å². The summed E-state index contributed by atoms with van der Waals surface area (Å²) in [5.41, 5.74) is 3.41. The number of fused-ring (bicyclic) bond motifs is 1. The quantitative estimate of drug-likeness (QED) is 0.472. The molecule has 0 N–H and O–H groups in total. The van der Waals surface area contributed by atoms with Crippen molar-refractivity contribution < 1.29 is 19.0 Å². The molecule has 1 aliphatic heterocycles. The molecule has 3 aromatic rings. The summed E-state index contributed by atoms with van der Waals surface area (Å²) in [5, 5.41) is 0. The van der Waals surface area contributed by atoms with Crippen LogP contribution in [0.4, 0.5) is 0 Å². The summed E-state index contributed by atoms with van der Waals surface area (Å²) in [5.74, 6) is 0.763. The van der Waals surface area contributed by atoms with E-state index < -0.39 is 12.0 Å². The number of aromatic nitrogens is 1. The lowest BCUT2D eigenvalue weighted by Gasteiger charge is -2.24. The van der Waals surface area contributed by atoms with Crippen LogP contribution in [-0.4, -0.2) is 30.9 Å². The number of rotatable bonds is 7. The Kier molecular flexibility index (Phi) is 7.21. The van der Waals surface area contributed by atoms with E-state index in [4.69, 9.17) is 14.2 Å². The summed E-state index contributed by atoms with van der Waals surface area (Å²) in [4.78, 5) is 31.8. The molecule has 0 bridgehead atoms. The monoisotopic (exact) mass is 492 g/mol. The lowest BCUT2D eigenvalue weighted by atomic mass is 9.95. The molecule has 0 spiro atoms. The largest absolute Gasteiger partial charge is 0.493 e. The Balaban J connectivity index is 1.91. The number of carbonyl (C=O) groups excluding carboxylic acids is 1. The Morgan fingerprint density at radius 2 is 1.83 bits per heavy atom. The van der Waals surface area contributed by atoms with Crippen molar-refractivity contribution in [3.63, 3.8) is 0 Å². The molecule has 7 nitrogen and oxygen atoms in total. The number of nitrogens with zero attached hydrogens (tertiary/aromatic N) is 2. The van der Waals surface area contributed by atoms with E-state index in [1.807, 2.05) is 56.3 Å². The first-order valence-corrected chi connectivity index (χ1v) is 12.3. The molecule has 1 aromatic heterocycles. The van der Waals surface area contributed by atoms with Gasteiger partial charge in [-0.05, 0) is 57.0 Å². The third-order valence-electron chi connectivity index (χ3n) is 5.70. The maximum absolute atomic E-state index is 13.7. The van der Waals surface area contributed by atoms with E-state index in [0.717, 1.165) is 16.7 Å². The van der Waals surface area contributed by atoms with Crippen LogP contribution >= 0.6 is 11.3 Å². The Morgan fingerprint density at radius 3 is 2.49 bits per heavy atom. The van der Waals surface area contributed by atoms with Crippen molar-refractivity contribution in [1.82, 2.24) is 4.57 Å². The molecule has 2 aromatic carbocycles. The van der Waals surface area contributed by atoms with Gasteiger partial charge in [0.2, 0.25) is 0 Å². The van der Waals surface area contributed by atoms with Crippen LogP contribution in [0.1, 0.15) is 43.5 Å². The SMILES string of the molecule is CCOC(=O)C1=C(C)N=c2sc(=Cc3ccc(OC)c(OCC)c3)c(=O)n2[C@@H]1c1ccc(C)cc1. The number of esters is 1. The van der Waals surface area contributed by atoms with E-state index in [2.05, 4.69) is 4.99 Å². The summed E-state index contributed by atoms with van der Waals surface area (Å²) in [7, 11) is 1.59. The highest BCUT2D eigenvalue weighted by molar-refractivity contribution is 7.07. The first kappa shape index (κ1) is 24.5. The molecule has 1 aliphatic rings. The molecule has 0 saturated heterocycles. The highest BCUT2D eigenvalue weighted by Crippen LogP contribution is 2.31. The van der Waals surface area contributed by atoms with Crippen LogP contribution in [0.3, 0.4) is 0 Å². The van der Waals surface area contributed by atoms with Crippen molar-refractivity contribution in [1.29, 1.82) is 0 Å². The van der Waals surface area contributed by atoms with Crippen molar-refractivity contribution in [2.45, 2.75) is 33.7 Å². The molecule has 0 saturated carbocycles. The number of aryl methyl sites for hydroxylation is 1. The third kappa shape index (κ3) is 4.79. The van der Waals surface area contributed by atoms with Crippen LogP contribution in [0.2, 0.25) is 0 Å². The van der Waals surface area contributed by atoms with Crippen molar-refractivity contribution >= 4 is 23.4 Å². The van der Waals surface area contributed by atoms with Gasteiger partial charge in [-0.3, -0.25) is 9.36 Å². The van der Waals surface area contributed by atoms with E-state index in [0.29, 0.717) is 38.7 Å². The van der Waals surface area contributed by atoms with Crippen LogP contribution in [0, 0.1) is 6.92 Å². The molecule has 0 aliphatic carbocycles. The summed E-state index contributed by atoms with van der Waals surface area (Å²) < 4.78 is 18.5. The van der Waals surface area contributed by atoms with Gasteiger partial charge in [-0.2, -0.15) is 0 Å². The normalized spacial score (nSPS) is 15.5. The first-order valence-electron chi connectivity index (χ1n) is 11.4. The Morgan fingerprint density at radius 1 is 1.09 bits per heavy atom. The topological polar surface area (TPSA) is 79.1 Å². The molecule has 0 fully saturated rings. The van der Waals surface area contributed by atoms with Gasteiger partial charge in [0.25, 0.3) is 5.56 Å². The van der Waals surface area contributed by atoms with Crippen molar-refractivity contribution in [2.24, 2.45) is 4.99 Å². The van der Waals surface area contributed by atoms with Gasteiger partial charge in [0.05, 0.1) is 42.2 Å². The highest BCUT2D eigenvalue weighted by atomic mass is 32.1. The predicted molar refractivity (Wildman–Crippen MR) is 136 cm³/mol. The van der Waals surface area contributed by atoms with E-state index in [1.165, 1.54) is 11.3 Å². The van der Waals surface area contributed by atoms with Gasteiger partial charge in [0.15, 0.2) is 16.3 Å². The minimum absolute atomic E-state index is 0.220. The predicted octanol–water partition coefficient (Wildman–Crippen LogP) is 3.51. The average Bonchev–Trinajstić information content (AvgIpc) is 3.13. The Labute approximate surface area is 207 Å². The van der Waals surface area contributed by atoms with Crippen LogP contribution in [0.15, 0.2) is 63.5 Å². The molecule has 35 heavy (non-hydrogen) atoms. The van der Waals surface area contributed by atoms with E-state index in [9.17, 15) is 9.59 Å². The minimum Gasteiger partial charge on any atom is -0.493 e. The zero-order valence-corrected chi connectivity index (χ0v) is 21.3. The number of benzene rings is 2. The molecule has 0 unspecified atom stereocenters. The molecular weight excluding hydrogens is 464 g/mol. The number of thiazole rings is 1. The summed E-state index contributed by atoms with van der Waals surface area (Å²) in [6, 6.07) is 12.7. The number of hydrogen-bond donors (Lipinski definition) is 0. The highest BCUT2D eigenvalue weighted by Gasteiger charge is 2.33. The molecule has 4 rings (SSSR count). The molecule has 8 heteroatoms. The third-order valence-corrected chi connectivity index (χ3v) is 6.68. The smallest absolute Gasteiger partial charge is 0.338 e. The molecule has 2 heterocycles. The summed E-state index contributed by atoms with van der Waals surface area (Å²) in [6.45, 7) is 8.17. The summed E-state index contributed by atoms with van der Waals surface area (Å²) in [6.07, 6.45) is 1.81. The van der Waals surface area contributed by atoms with Crippen LogP contribution < -0.4 is 24.4 Å². The number of hydrogen-bond acceptors (Lipinski definition) is 7. The standard InChI is InChI=1S/C27H28N2O5S/c1-6-33-21-14-18(10-13-20(21)32-5)15-22-25(30)29-24(19-11-8-16(3)9-12-19)23(26(31)34-7-2)17(4)28-27(29)35-22/h8-15,24H,6-7H2,1-5H3/t24-/m1/s1. The maximum Gasteiger partial charge on any atom is 0.338 e. The van der Waals surface area contributed by atoms with Gasteiger partial charge in [-0.15, -0.1) is 0 Å². The van der Waals surface area contributed by atoms with E-state index in [1.54, 1.807) is 31.6 Å². The lowest BCUT2D eigenvalue weighted by Crippen LogP contribution is -2.39. The number of carbonyl (C=O) groups is 1. The fourth-order valence-corrected chi connectivity index (χ4v) is 5.11. The van der Waals surface area contributed by atoms with E-state index in [-0.39, 0.29) is 12.2 Å². The Hall–Kier alpha value is -3.65. The van der Waals surface area contributed by atoms with E-state index >= 15 is 0 Å². The minimum atomic E-state index is -0.622. The van der Waals surface area contributed by atoms with Gasteiger partial charge in [-0.1, -0.05) is 47.2 Å². The van der Waals surface area contributed by atoms with Crippen LogP contribution in [0.5, 0.6) is 11.5 Å². The zero-order chi connectivity index (χ0) is 25.1.